The Morgan fingerprint density at radius 3 is 2.64 bits per heavy atom. The van der Waals surface area contributed by atoms with Crippen molar-refractivity contribution in [1.29, 1.82) is 0 Å². The zero-order valence-electron chi connectivity index (χ0n) is 12.3. The van der Waals surface area contributed by atoms with Gasteiger partial charge in [-0.3, -0.25) is 4.79 Å². The Balaban J connectivity index is 2.17. The van der Waals surface area contributed by atoms with E-state index in [1.54, 1.807) is 6.07 Å². The first-order chi connectivity index (χ1) is 10.5. The molecule has 22 heavy (non-hydrogen) atoms. The number of hydrogen-bond acceptors (Lipinski definition) is 2. The summed E-state index contributed by atoms with van der Waals surface area (Å²) in [6, 6.07) is 8.19. The molecule has 0 radical (unpaired) electrons. The lowest BCUT2D eigenvalue weighted by Crippen LogP contribution is -1.97. The number of aryl methyl sites for hydroxylation is 1. The van der Waals surface area contributed by atoms with Crippen LogP contribution in [0, 0.1) is 12.7 Å². The largest absolute Gasteiger partial charge is 0.481 e. The summed E-state index contributed by atoms with van der Waals surface area (Å²) in [5, 5.41) is 9.10. The predicted octanol–water partition coefficient (Wildman–Crippen LogP) is 4.53. The molecule has 0 fully saturated rings. The van der Waals surface area contributed by atoms with Gasteiger partial charge >= 0.3 is 5.97 Å². The summed E-state index contributed by atoms with van der Waals surface area (Å²) in [5.41, 5.74) is 3.85. The van der Waals surface area contributed by atoms with Gasteiger partial charge < -0.3 is 9.52 Å². The molecule has 0 saturated heterocycles. The van der Waals surface area contributed by atoms with Crippen LogP contribution in [0.2, 0.25) is 0 Å². The van der Waals surface area contributed by atoms with Crippen molar-refractivity contribution in [2.24, 2.45) is 0 Å². The second-order valence-electron chi connectivity index (χ2n) is 5.37. The maximum Gasteiger partial charge on any atom is 0.307 e. The van der Waals surface area contributed by atoms with Gasteiger partial charge in [0.2, 0.25) is 0 Å². The van der Waals surface area contributed by atoms with E-state index in [0.29, 0.717) is 16.9 Å². The Morgan fingerprint density at radius 2 is 2.00 bits per heavy atom. The van der Waals surface area contributed by atoms with Gasteiger partial charge in [0.15, 0.2) is 0 Å². The normalized spacial score (nSPS) is 15.5. The molecule has 1 aromatic carbocycles. The van der Waals surface area contributed by atoms with Crippen molar-refractivity contribution in [1.82, 2.24) is 0 Å². The standard InChI is InChI=1S/C18H15FO3/c1-10-3-5-13(22-10)8-15-11(2)16(9-18(20)21)17-7-12(19)4-6-14(15)17/h3-8H,9H2,1-2H3,(H,20,21)/b15-8-. The monoisotopic (exact) mass is 298 g/mol. The van der Waals surface area contributed by atoms with Crippen LogP contribution in [-0.2, 0) is 4.79 Å². The fourth-order valence-electron chi connectivity index (χ4n) is 2.81. The van der Waals surface area contributed by atoms with Gasteiger partial charge in [-0.1, -0.05) is 6.07 Å². The SMILES string of the molecule is CC1=C(CC(=O)O)c2cc(F)ccc2/C1=C\c1ccc(C)o1. The highest BCUT2D eigenvalue weighted by atomic mass is 19.1. The van der Waals surface area contributed by atoms with Crippen molar-refractivity contribution < 1.29 is 18.7 Å². The van der Waals surface area contributed by atoms with Crippen LogP contribution in [0.15, 0.2) is 40.3 Å². The number of hydrogen-bond donors (Lipinski definition) is 1. The van der Waals surface area contributed by atoms with Gasteiger partial charge in [-0.05, 0) is 72.0 Å². The van der Waals surface area contributed by atoms with E-state index < -0.39 is 5.97 Å². The summed E-state index contributed by atoms with van der Waals surface area (Å²) >= 11 is 0. The highest BCUT2D eigenvalue weighted by molar-refractivity contribution is 6.07. The van der Waals surface area contributed by atoms with Gasteiger partial charge in [-0.25, -0.2) is 4.39 Å². The third kappa shape index (κ3) is 2.48. The van der Waals surface area contributed by atoms with Crippen LogP contribution in [0.4, 0.5) is 4.39 Å². The molecular weight excluding hydrogens is 283 g/mol. The molecule has 3 rings (SSSR count). The number of furan rings is 1. The van der Waals surface area contributed by atoms with E-state index in [1.165, 1.54) is 12.1 Å². The summed E-state index contributed by atoms with van der Waals surface area (Å²) in [5.74, 6) is 0.194. The van der Waals surface area contributed by atoms with Crippen molar-refractivity contribution in [2.45, 2.75) is 20.3 Å². The number of halogens is 1. The minimum absolute atomic E-state index is 0.128. The molecule has 0 atom stereocenters. The number of benzene rings is 1. The molecule has 112 valence electrons. The van der Waals surface area contributed by atoms with Crippen LogP contribution in [-0.4, -0.2) is 11.1 Å². The molecular formula is C18H15FO3. The highest BCUT2D eigenvalue weighted by Gasteiger charge is 2.25. The first kappa shape index (κ1) is 14.3. The second-order valence-corrected chi connectivity index (χ2v) is 5.37. The fourth-order valence-corrected chi connectivity index (χ4v) is 2.81. The second kappa shape index (κ2) is 5.30. The molecule has 1 N–H and O–H groups in total. The van der Waals surface area contributed by atoms with Crippen LogP contribution >= 0.6 is 0 Å². The van der Waals surface area contributed by atoms with Crippen molar-refractivity contribution in [3.63, 3.8) is 0 Å². The molecule has 0 aliphatic heterocycles. The third-order valence-corrected chi connectivity index (χ3v) is 3.83. The summed E-state index contributed by atoms with van der Waals surface area (Å²) < 4.78 is 19.1. The maximum absolute atomic E-state index is 13.5. The Hall–Kier alpha value is -2.62. The van der Waals surface area contributed by atoms with Crippen LogP contribution in [0.1, 0.15) is 36.0 Å². The lowest BCUT2D eigenvalue weighted by Gasteiger charge is -2.03. The number of carboxylic acid groups (broad SMARTS) is 1. The smallest absolute Gasteiger partial charge is 0.307 e. The number of allylic oxidation sites excluding steroid dienone is 2. The molecule has 0 unspecified atom stereocenters. The van der Waals surface area contributed by atoms with E-state index in [-0.39, 0.29) is 12.2 Å². The third-order valence-electron chi connectivity index (χ3n) is 3.83. The van der Waals surface area contributed by atoms with Gasteiger partial charge in [-0.2, -0.15) is 0 Å². The van der Waals surface area contributed by atoms with E-state index in [0.717, 1.165) is 22.5 Å². The summed E-state index contributed by atoms with van der Waals surface area (Å²) in [7, 11) is 0. The molecule has 1 aliphatic rings. The van der Waals surface area contributed by atoms with Crippen molar-refractivity contribution in [2.75, 3.05) is 0 Å². The Morgan fingerprint density at radius 1 is 1.23 bits per heavy atom. The fraction of sp³-hybridized carbons (Fsp3) is 0.167. The van der Waals surface area contributed by atoms with Crippen LogP contribution in [0.25, 0.3) is 17.2 Å². The predicted molar refractivity (Wildman–Crippen MR) is 82.6 cm³/mol. The van der Waals surface area contributed by atoms with Gasteiger partial charge in [-0.15, -0.1) is 0 Å². The Kier molecular flexibility index (Phi) is 3.45. The van der Waals surface area contributed by atoms with Gasteiger partial charge in [0.25, 0.3) is 0 Å². The summed E-state index contributed by atoms with van der Waals surface area (Å²) in [4.78, 5) is 11.1. The molecule has 0 bridgehead atoms. The average Bonchev–Trinajstić information content (AvgIpc) is 2.96. The van der Waals surface area contributed by atoms with Crippen molar-refractivity contribution in [3.8, 4) is 0 Å². The summed E-state index contributed by atoms with van der Waals surface area (Å²) in [6.07, 6.45) is 1.74. The zero-order valence-corrected chi connectivity index (χ0v) is 12.3. The molecule has 3 nitrogen and oxygen atoms in total. The molecule has 1 heterocycles. The minimum atomic E-state index is -0.931. The molecule has 2 aromatic rings. The van der Waals surface area contributed by atoms with Gasteiger partial charge in [0.05, 0.1) is 6.42 Å². The number of rotatable bonds is 3. The Bertz CT molecular complexity index is 825. The van der Waals surface area contributed by atoms with Crippen molar-refractivity contribution >= 4 is 23.2 Å². The molecule has 1 aromatic heterocycles. The number of fused-ring (bicyclic) bond motifs is 1. The highest BCUT2D eigenvalue weighted by Crippen LogP contribution is 2.43. The molecule has 0 amide bonds. The zero-order chi connectivity index (χ0) is 15.9. The topological polar surface area (TPSA) is 50.4 Å². The molecule has 4 heteroatoms. The lowest BCUT2D eigenvalue weighted by molar-refractivity contribution is -0.135. The first-order valence-electron chi connectivity index (χ1n) is 6.96. The van der Waals surface area contributed by atoms with Crippen molar-refractivity contribution in [3.05, 3.63) is 64.4 Å². The maximum atomic E-state index is 13.5. The van der Waals surface area contributed by atoms with E-state index >= 15 is 0 Å². The summed E-state index contributed by atoms with van der Waals surface area (Å²) in [6.45, 7) is 3.72. The number of carboxylic acids is 1. The van der Waals surface area contributed by atoms with Gasteiger partial charge in [0, 0.05) is 0 Å². The number of carbonyl (C=O) groups is 1. The molecule has 0 saturated carbocycles. The van der Waals surface area contributed by atoms with Gasteiger partial charge in [0.1, 0.15) is 17.3 Å². The van der Waals surface area contributed by atoms with Crippen LogP contribution in [0.5, 0.6) is 0 Å². The van der Waals surface area contributed by atoms with E-state index in [4.69, 9.17) is 9.52 Å². The number of aliphatic carboxylic acids is 1. The van der Waals surface area contributed by atoms with Crippen LogP contribution in [0.3, 0.4) is 0 Å². The lowest BCUT2D eigenvalue weighted by atomic mass is 10.0. The minimum Gasteiger partial charge on any atom is -0.481 e. The first-order valence-corrected chi connectivity index (χ1v) is 6.96. The molecule has 1 aliphatic carbocycles. The van der Waals surface area contributed by atoms with E-state index in [2.05, 4.69) is 0 Å². The van der Waals surface area contributed by atoms with Crippen LogP contribution < -0.4 is 0 Å². The molecule has 0 spiro atoms. The van der Waals surface area contributed by atoms with E-state index in [9.17, 15) is 9.18 Å². The average molecular weight is 298 g/mol. The quantitative estimate of drug-likeness (QED) is 0.905. The van der Waals surface area contributed by atoms with E-state index in [1.807, 2.05) is 32.1 Å². The Labute approximate surface area is 127 Å².